The van der Waals surface area contributed by atoms with Crippen LogP contribution in [-0.4, -0.2) is 35.7 Å². The molecule has 0 aromatic rings. The minimum absolute atomic E-state index is 0.000886. The van der Waals surface area contributed by atoms with Gasteiger partial charge in [0.05, 0.1) is 0 Å². The second kappa shape index (κ2) is 6.86. The molecule has 0 saturated heterocycles. The number of ether oxygens (including phenoxy) is 2. The molecule has 0 spiro atoms. The van der Waals surface area contributed by atoms with E-state index in [0.717, 1.165) is 12.8 Å². The lowest BCUT2D eigenvalue weighted by molar-refractivity contribution is -0.295. The molecule has 30 heavy (non-hydrogen) atoms. The quantitative estimate of drug-likeness (QED) is 0.563. The van der Waals surface area contributed by atoms with Gasteiger partial charge in [0.2, 0.25) is 0 Å². The fraction of sp³-hybridized carbons (Fsp3) is 0.913. The Morgan fingerprint density at radius 1 is 0.833 bits per heavy atom. The van der Waals surface area contributed by atoms with Crippen LogP contribution >= 0.6 is 0 Å². The van der Waals surface area contributed by atoms with Crippen molar-refractivity contribution in [2.24, 2.45) is 28.6 Å². The summed E-state index contributed by atoms with van der Waals surface area (Å²) in [5.74, 6) is -4.82. The first-order chi connectivity index (χ1) is 13.8. The third-order valence-corrected chi connectivity index (χ3v) is 9.28. The van der Waals surface area contributed by atoms with Crippen molar-refractivity contribution in [3.63, 3.8) is 0 Å². The van der Waals surface area contributed by atoms with Crippen LogP contribution in [0.25, 0.3) is 0 Å². The van der Waals surface area contributed by atoms with E-state index in [9.17, 15) is 9.59 Å². The molecule has 3 unspecified atom stereocenters. The summed E-state index contributed by atoms with van der Waals surface area (Å²) in [7, 11) is 0. The van der Waals surface area contributed by atoms with E-state index in [1.807, 2.05) is 0 Å². The summed E-state index contributed by atoms with van der Waals surface area (Å²) in [5, 5.41) is 0. The van der Waals surface area contributed by atoms with Gasteiger partial charge in [-0.05, 0) is 56.3 Å². The summed E-state index contributed by atoms with van der Waals surface area (Å²) >= 11 is 0. The SMILES string of the molecule is CC(=O)O[C@@H]1CC[C@]2(C)C3CC[C@@]4(C)C(CC[C@@H]4OC(C)=O)[C@@H]3CC(F)(F)C2(F)C1. The number of esters is 2. The molecule has 4 aliphatic rings. The maximum Gasteiger partial charge on any atom is 0.302 e. The molecular formula is C23H33F3O4. The van der Waals surface area contributed by atoms with Crippen LogP contribution in [-0.2, 0) is 19.1 Å². The third kappa shape index (κ3) is 2.93. The van der Waals surface area contributed by atoms with Gasteiger partial charge in [0.1, 0.15) is 12.2 Å². The molecule has 4 aliphatic carbocycles. The number of alkyl halides is 3. The van der Waals surface area contributed by atoms with Gasteiger partial charge in [0.15, 0.2) is 5.67 Å². The van der Waals surface area contributed by atoms with Crippen molar-refractivity contribution in [1.82, 2.24) is 0 Å². The van der Waals surface area contributed by atoms with Gasteiger partial charge < -0.3 is 9.47 Å². The number of carbonyl (C=O) groups excluding carboxylic acids is 2. The average Bonchev–Trinajstić information content (AvgIpc) is 2.93. The van der Waals surface area contributed by atoms with Crippen LogP contribution in [0.5, 0.6) is 0 Å². The van der Waals surface area contributed by atoms with Crippen molar-refractivity contribution in [3.05, 3.63) is 0 Å². The van der Waals surface area contributed by atoms with Gasteiger partial charge in [-0.25, -0.2) is 13.2 Å². The fourth-order valence-corrected chi connectivity index (χ4v) is 7.86. The first-order valence-corrected chi connectivity index (χ1v) is 11.3. The molecule has 170 valence electrons. The molecular weight excluding hydrogens is 397 g/mol. The Bertz CT molecular complexity index is 742. The number of hydrogen-bond donors (Lipinski definition) is 0. The van der Waals surface area contributed by atoms with Crippen molar-refractivity contribution in [2.45, 2.75) is 103 Å². The number of rotatable bonds is 2. The molecule has 4 fully saturated rings. The standard InChI is InChI=1S/C23H33F3O4/c1-13(27)29-15-7-10-21(4)18-8-9-20(3)17(5-6-19(20)30-14(2)28)16(18)12-23(25,26)22(21,24)11-15/h15-19H,5-12H2,1-4H3/t15-,16+,17?,18?,19+,20+,21-,22?/m1/s1. The Hall–Kier alpha value is -1.27. The molecule has 0 aromatic carbocycles. The molecule has 0 aliphatic heterocycles. The summed E-state index contributed by atoms with van der Waals surface area (Å²) < 4.78 is 58.1. The zero-order chi connectivity index (χ0) is 22.1. The molecule has 0 N–H and O–H groups in total. The van der Waals surface area contributed by atoms with Gasteiger partial charge in [-0.2, -0.15) is 0 Å². The molecule has 4 saturated carbocycles. The predicted molar refractivity (Wildman–Crippen MR) is 104 cm³/mol. The van der Waals surface area contributed by atoms with E-state index >= 15 is 13.2 Å². The molecule has 4 rings (SSSR count). The zero-order valence-electron chi connectivity index (χ0n) is 18.3. The van der Waals surface area contributed by atoms with E-state index in [4.69, 9.17) is 9.47 Å². The summed E-state index contributed by atoms with van der Waals surface area (Å²) in [6, 6.07) is 0. The first-order valence-electron chi connectivity index (χ1n) is 11.3. The van der Waals surface area contributed by atoms with Crippen LogP contribution in [0.15, 0.2) is 0 Å². The average molecular weight is 431 g/mol. The maximum absolute atomic E-state index is 16.3. The highest BCUT2D eigenvalue weighted by Gasteiger charge is 2.75. The lowest BCUT2D eigenvalue weighted by Crippen LogP contribution is -2.69. The monoisotopic (exact) mass is 430 g/mol. The Balaban J connectivity index is 1.65. The Labute approximate surface area is 176 Å². The number of halogens is 3. The smallest absolute Gasteiger partial charge is 0.302 e. The fourth-order valence-electron chi connectivity index (χ4n) is 7.86. The highest BCUT2D eigenvalue weighted by atomic mass is 19.3. The topological polar surface area (TPSA) is 52.6 Å². The van der Waals surface area contributed by atoms with Crippen LogP contribution in [0, 0.1) is 28.6 Å². The zero-order valence-corrected chi connectivity index (χ0v) is 18.3. The van der Waals surface area contributed by atoms with Gasteiger partial charge in [0, 0.05) is 37.5 Å². The van der Waals surface area contributed by atoms with E-state index in [-0.39, 0.29) is 41.7 Å². The lowest BCUT2D eigenvalue weighted by Gasteiger charge is -2.64. The minimum Gasteiger partial charge on any atom is -0.462 e. The van der Waals surface area contributed by atoms with E-state index in [1.54, 1.807) is 6.92 Å². The normalized spacial score (nSPS) is 49.4. The van der Waals surface area contributed by atoms with E-state index in [1.165, 1.54) is 13.8 Å². The summed E-state index contributed by atoms with van der Waals surface area (Å²) in [5.41, 5.74) is -4.16. The van der Waals surface area contributed by atoms with Crippen molar-refractivity contribution >= 4 is 11.9 Å². The van der Waals surface area contributed by atoms with Crippen LogP contribution in [0.3, 0.4) is 0 Å². The van der Waals surface area contributed by atoms with Crippen molar-refractivity contribution < 1.29 is 32.2 Å². The third-order valence-electron chi connectivity index (χ3n) is 9.28. The number of carbonyl (C=O) groups is 2. The second-order valence-electron chi connectivity index (χ2n) is 10.7. The van der Waals surface area contributed by atoms with Crippen LogP contribution in [0.4, 0.5) is 13.2 Å². The summed E-state index contributed by atoms with van der Waals surface area (Å²) in [4.78, 5) is 22.9. The Morgan fingerprint density at radius 2 is 1.50 bits per heavy atom. The van der Waals surface area contributed by atoms with Gasteiger partial charge in [0.25, 0.3) is 5.92 Å². The van der Waals surface area contributed by atoms with Gasteiger partial charge in [-0.3, -0.25) is 9.59 Å². The molecule has 7 heteroatoms. The van der Waals surface area contributed by atoms with E-state index in [0.29, 0.717) is 19.3 Å². The highest BCUT2D eigenvalue weighted by molar-refractivity contribution is 5.66. The first kappa shape index (κ1) is 21.9. The molecule has 0 aromatic heterocycles. The maximum atomic E-state index is 16.3. The van der Waals surface area contributed by atoms with Crippen molar-refractivity contribution in [2.75, 3.05) is 0 Å². The predicted octanol–water partition coefficient (Wildman–Crippen LogP) is 5.23. The minimum atomic E-state index is -3.49. The molecule has 4 nitrogen and oxygen atoms in total. The lowest BCUT2D eigenvalue weighted by atomic mass is 9.43. The molecule has 8 atom stereocenters. The highest BCUT2D eigenvalue weighted by Crippen LogP contribution is 2.71. The number of hydrogen-bond acceptors (Lipinski definition) is 4. The van der Waals surface area contributed by atoms with Gasteiger partial charge >= 0.3 is 11.9 Å². The summed E-state index contributed by atoms with van der Waals surface area (Å²) in [6.45, 7) is 6.37. The van der Waals surface area contributed by atoms with Gasteiger partial charge in [-0.1, -0.05) is 13.8 Å². The Morgan fingerprint density at radius 3 is 2.13 bits per heavy atom. The molecule has 0 radical (unpaired) electrons. The van der Waals surface area contributed by atoms with Crippen LogP contribution < -0.4 is 0 Å². The Kier molecular flexibility index (Phi) is 5.02. The van der Waals surface area contributed by atoms with Gasteiger partial charge in [-0.15, -0.1) is 0 Å². The van der Waals surface area contributed by atoms with Crippen molar-refractivity contribution in [1.29, 1.82) is 0 Å². The van der Waals surface area contributed by atoms with Crippen molar-refractivity contribution in [3.8, 4) is 0 Å². The molecule has 0 bridgehead atoms. The molecule has 0 heterocycles. The van der Waals surface area contributed by atoms with Crippen LogP contribution in [0.2, 0.25) is 0 Å². The number of fused-ring (bicyclic) bond motifs is 5. The second-order valence-corrected chi connectivity index (χ2v) is 10.7. The molecule has 0 amide bonds. The van der Waals surface area contributed by atoms with E-state index < -0.39 is 41.9 Å². The van der Waals surface area contributed by atoms with E-state index in [2.05, 4.69) is 6.92 Å². The summed E-state index contributed by atoms with van der Waals surface area (Å²) in [6.07, 6.45) is 1.57. The van der Waals surface area contributed by atoms with Crippen LogP contribution in [0.1, 0.15) is 79.1 Å². The largest absolute Gasteiger partial charge is 0.462 e.